The fourth-order valence-electron chi connectivity index (χ4n) is 3.98. The molecule has 1 heterocycles. The zero-order chi connectivity index (χ0) is 13.3. The van der Waals surface area contributed by atoms with E-state index in [1.165, 1.54) is 38.9 Å². The molecule has 2 N–H and O–H groups in total. The van der Waals surface area contributed by atoms with Gasteiger partial charge >= 0.3 is 0 Å². The predicted octanol–water partition coefficient (Wildman–Crippen LogP) is 1.78. The van der Waals surface area contributed by atoms with E-state index in [9.17, 15) is 0 Å². The van der Waals surface area contributed by atoms with Crippen molar-refractivity contribution in [2.24, 2.45) is 17.6 Å². The van der Waals surface area contributed by atoms with E-state index in [0.29, 0.717) is 11.6 Å². The summed E-state index contributed by atoms with van der Waals surface area (Å²) in [5.41, 5.74) is 6.47. The Bertz CT molecular complexity index is 271. The van der Waals surface area contributed by atoms with Crippen LogP contribution in [0.1, 0.15) is 40.0 Å². The first-order valence-electron chi connectivity index (χ1n) is 7.64. The summed E-state index contributed by atoms with van der Waals surface area (Å²) in [4.78, 5) is 5.20. The van der Waals surface area contributed by atoms with Crippen LogP contribution < -0.4 is 5.73 Å². The van der Waals surface area contributed by atoms with Crippen LogP contribution in [-0.4, -0.2) is 54.6 Å². The number of nitrogens with two attached hydrogens (primary N) is 1. The lowest BCUT2D eigenvalue weighted by molar-refractivity contribution is -0.0538. The molecule has 1 saturated carbocycles. The van der Waals surface area contributed by atoms with Crippen molar-refractivity contribution in [3.8, 4) is 0 Å². The van der Waals surface area contributed by atoms with Crippen LogP contribution in [0.5, 0.6) is 0 Å². The summed E-state index contributed by atoms with van der Waals surface area (Å²) in [6.45, 7) is 11.6. The quantitative estimate of drug-likeness (QED) is 0.832. The smallest absolute Gasteiger partial charge is 0.0340 e. The zero-order valence-electron chi connectivity index (χ0n) is 12.7. The molecule has 1 unspecified atom stereocenters. The van der Waals surface area contributed by atoms with Gasteiger partial charge in [0.25, 0.3) is 0 Å². The van der Waals surface area contributed by atoms with E-state index in [1.807, 2.05) is 0 Å². The molecule has 1 saturated heterocycles. The molecule has 106 valence electrons. The summed E-state index contributed by atoms with van der Waals surface area (Å²) in [6, 6.07) is 0.647. The highest BCUT2D eigenvalue weighted by atomic mass is 15.3. The first kappa shape index (κ1) is 14.3. The Morgan fingerprint density at radius 3 is 2.50 bits per heavy atom. The van der Waals surface area contributed by atoms with Crippen molar-refractivity contribution in [2.45, 2.75) is 51.6 Å². The molecule has 2 rings (SSSR count). The highest BCUT2D eigenvalue weighted by Gasteiger charge is 2.49. The Hall–Kier alpha value is -0.120. The second-order valence-corrected chi connectivity index (χ2v) is 7.00. The molecule has 2 aliphatic rings. The molecule has 1 aliphatic heterocycles. The van der Waals surface area contributed by atoms with Crippen LogP contribution in [0.3, 0.4) is 0 Å². The minimum absolute atomic E-state index is 0.319. The van der Waals surface area contributed by atoms with Gasteiger partial charge in [-0.15, -0.1) is 0 Å². The molecule has 0 amide bonds. The summed E-state index contributed by atoms with van der Waals surface area (Å²) >= 11 is 0. The van der Waals surface area contributed by atoms with E-state index < -0.39 is 0 Å². The van der Waals surface area contributed by atoms with Gasteiger partial charge < -0.3 is 10.6 Å². The number of nitrogens with zero attached hydrogens (tertiary/aromatic N) is 2. The molecule has 3 nitrogen and oxygen atoms in total. The molecule has 0 aromatic carbocycles. The normalized spacial score (nSPS) is 39.7. The molecule has 2 fully saturated rings. The highest BCUT2D eigenvalue weighted by Crippen LogP contribution is 2.46. The lowest BCUT2D eigenvalue weighted by atomic mass is 9.62. The van der Waals surface area contributed by atoms with E-state index in [1.54, 1.807) is 0 Å². The van der Waals surface area contributed by atoms with Gasteiger partial charge in [0, 0.05) is 31.2 Å². The summed E-state index contributed by atoms with van der Waals surface area (Å²) in [5.74, 6) is 1.70. The minimum Gasteiger partial charge on any atom is -0.329 e. The van der Waals surface area contributed by atoms with Crippen LogP contribution in [0.4, 0.5) is 0 Å². The van der Waals surface area contributed by atoms with E-state index >= 15 is 0 Å². The molecular weight excluding hydrogens is 222 g/mol. The Labute approximate surface area is 113 Å². The van der Waals surface area contributed by atoms with E-state index in [2.05, 4.69) is 37.6 Å². The molecule has 1 aliphatic carbocycles. The fraction of sp³-hybridized carbons (Fsp3) is 1.00. The van der Waals surface area contributed by atoms with Gasteiger partial charge in [0.15, 0.2) is 0 Å². The number of hydrogen-bond acceptors (Lipinski definition) is 3. The van der Waals surface area contributed by atoms with E-state index in [-0.39, 0.29) is 0 Å². The maximum absolute atomic E-state index is 6.15. The molecule has 1 atom stereocenters. The van der Waals surface area contributed by atoms with Crippen molar-refractivity contribution in [1.82, 2.24) is 9.80 Å². The van der Waals surface area contributed by atoms with Crippen molar-refractivity contribution >= 4 is 0 Å². The first-order valence-corrected chi connectivity index (χ1v) is 7.64. The average Bonchev–Trinajstić information content (AvgIpc) is 2.40. The molecule has 0 spiro atoms. The Morgan fingerprint density at radius 2 is 1.94 bits per heavy atom. The van der Waals surface area contributed by atoms with E-state index in [0.717, 1.165) is 18.4 Å². The van der Waals surface area contributed by atoms with Gasteiger partial charge in [0.1, 0.15) is 0 Å². The van der Waals surface area contributed by atoms with Crippen molar-refractivity contribution < 1.29 is 0 Å². The van der Waals surface area contributed by atoms with Crippen LogP contribution in [0, 0.1) is 11.8 Å². The molecule has 0 aromatic heterocycles. The Kier molecular flexibility index (Phi) is 4.35. The van der Waals surface area contributed by atoms with Crippen LogP contribution in [-0.2, 0) is 0 Å². The van der Waals surface area contributed by atoms with Crippen molar-refractivity contribution in [2.75, 3.05) is 33.2 Å². The summed E-state index contributed by atoms with van der Waals surface area (Å²) in [5, 5.41) is 0. The third kappa shape index (κ3) is 2.59. The lowest BCUT2D eigenvalue weighted by Gasteiger charge is -2.57. The zero-order valence-corrected chi connectivity index (χ0v) is 12.7. The van der Waals surface area contributed by atoms with Gasteiger partial charge in [-0.2, -0.15) is 0 Å². The summed E-state index contributed by atoms with van der Waals surface area (Å²) in [7, 11) is 2.24. The molecule has 0 radical (unpaired) electrons. The lowest BCUT2D eigenvalue weighted by Crippen LogP contribution is -2.65. The Balaban J connectivity index is 2.04. The standard InChI is InChI=1S/C15H31N3/c1-12(2)14-8-15(9-14,11-16)18-7-5-6-17(4)10-13(18)3/h12-14H,5-11,16H2,1-4H3. The molecular formula is C15H31N3. The van der Waals surface area contributed by atoms with Crippen molar-refractivity contribution in [3.63, 3.8) is 0 Å². The summed E-state index contributed by atoms with van der Waals surface area (Å²) < 4.78 is 0. The van der Waals surface area contributed by atoms with Crippen molar-refractivity contribution in [1.29, 1.82) is 0 Å². The van der Waals surface area contributed by atoms with Crippen LogP contribution >= 0.6 is 0 Å². The topological polar surface area (TPSA) is 32.5 Å². The fourth-order valence-corrected chi connectivity index (χ4v) is 3.98. The number of hydrogen-bond donors (Lipinski definition) is 1. The monoisotopic (exact) mass is 253 g/mol. The van der Waals surface area contributed by atoms with Crippen molar-refractivity contribution in [3.05, 3.63) is 0 Å². The largest absolute Gasteiger partial charge is 0.329 e. The van der Waals surface area contributed by atoms with Gasteiger partial charge in [-0.1, -0.05) is 13.8 Å². The third-order valence-corrected chi connectivity index (χ3v) is 5.26. The first-order chi connectivity index (χ1) is 8.48. The van der Waals surface area contributed by atoms with Crippen LogP contribution in [0.25, 0.3) is 0 Å². The Morgan fingerprint density at radius 1 is 1.28 bits per heavy atom. The second-order valence-electron chi connectivity index (χ2n) is 7.00. The highest BCUT2D eigenvalue weighted by molar-refractivity contribution is 5.06. The number of likely N-dealkylation sites (N-methyl/N-ethyl adjacent to an activating group) is 1. The van der Waals surface area contributed by atoms with E-state index in [4.69, 9.17) is 5.73 Å². The van der Waals surface area contributed by atoms with Gasteiger partial charge in [-0.3, -0.25) is 4.90 Å². The van der Waals surface area contributed by atoms with Gasteiger partial charge in [0.05, 0.1) is 0 Å². The maximum atomic E-state index is 6.15. The maximum Gasteiger partial charge on any atom is 0.0340 e. The molecule has 18 heavy (non-hydrogen) atoms. The molecule has 3 heteroatoms. The van der Waals surface area contributed by atoms with Crippen LogP contribution in [0.15, 0.2) is 0 Å². The molecule has 0 bridgehead atoms. The van der Waals surface area contributed by atoms with Gasteiger partial charge in [-0.05, 0) is 51.6 Å². The third-order valence-electron chi connectivity index (χ3n) is 5.26. The average molecular weight is 253 g/mol. The summed E-state index contributed by atoms with van der Waals surface area (Å²) in [6.07, 6.45) is 3.92. The molecule has 0 aromatic rings. The van der Waals surface area contributed by atoms with Gasteiger partial charge in [-0.25, -0.2) is 0 Å². The SMILES string of the molecule is CC(C)C1CC(CN)(N2CCCN(C)CC2C)C1. The predicted molar refractivity (Wildman–Crippen MR) is 77.6 cm³/mol. The van der Waals surface area contributed by atoms with Crippen LogP contribution in [0.2, 0.25) is 0 Å². The second kappa shape index (κ2) is 5.48. The number of rotatable bonds is 3. The van der Waals surface area contributed by atoms with Gasteiger partial charge in [0.2, 0.25) is 0 Å². The minimum atomic E-state index is 0.319.